The lowest BCUT2D eigenvalue weighted by Crippen LogP contribution is -2.15. The van der Waals surface area contributed by atoms with Gasteiger partial charge >= 0.3 is 0 Å². The molecule has 0 atom stereocenters. The molecule has 4 aromatic rings. The fraction of sp³-hybridized carbons (Fsp3) is 0.222. The lowest BCUT2D eigenvalue weighted by molar-refractivity contribution is -0.113. The van der Waals surface area contributed by atoms with Crippen molar-refractivity contribution in [2.75, 3.05) is 16.4 Å². The predicted octanol–water partition coefficient (Wildman–Crippen LogP) is 5.84. The summed E-state index contributed by atoms with van der Waals surface area (Å²) in [5.41, 5.74) is 7.43. The maximum absolute atomic E-state index is 12.7. The number of carbonyl (C=O) groups is 1. The second-order valence-corrected chi connectivity index (χ2v) is 9.34. The molecule has 174 valence electrons. The van der Waals surface area contributed by atoms with Crippen molar-refractivity contribution in [3.63, 3.8) is 0 Å². The zero-order valence-corrected chi connectivity index (χ0v) is 20.7. The minimum atomic E-state index is -0.0729. The van der Waals surface area contributed by atoms with E-state index in [9.17, 15) is 4.79 Å². The first kappa shape index (κ1) is 23.6. The molecule has 34 heavy (non-hydrogen) atoms. The van der Waals surface area contributed by atoms with Crippen molar-refractivity contribution >= 4 is 29.0 Å². The number of amides is 1. The summed E-state index contributed by atoms with van der Waals surface area (Å²) in [5.74, 6) is 0.947. The lowest BCUT2D eigenvalue weighted by atomic mass is 10.1. The molecule has 4 rings (SSSR count). The van der Waals surface area contributed by atoms with E-state index in [4.69, 9.17) is 0 Å². The summed E-state index contributed by atoms with van der Waals surface area (Å²) in [6.07, 6.45) is 0. The Labute approximate surface area is 204 Å². The monoisotopic (exact) mass is 471 g/mol. The van der Waals surface area contributed by atoms with Crippen LogP contribution in [0.25, 0.3) is 5.69 Å². The summed E-state index contributed by atoms with van der Waals surface area (Å²) in [6.45, 7) is 8.69. The SMILES string of the molecule is Cc1ccc(NCc2nnc(SCC(=O)Nc3cc(C)ccc3C)n2-c2ccccc2)c(C)c1. The summed E-state index contributed by atoms with van der Waals surface area (Å²) in [7, 11) is 0. The molecule has 0 aliphatic heterocycles. The molecule has 0 spiro atoms. The molecule has 0 saturated heterocycles. The van der Waals surface area contributed by atoms with Crippen molar-refractivity contribution in [1.29, 1.82) is 0 Å². The van der Waals surface area contributed by atoms with Crippen molar-refractivity contribution in [1.82, 2.24) is 14.8 Å². The van der Waals surface area contributed by atoms with Gasteiger partial charge in [0, 0.05) is 17.1 Å². The van der Waals surface area contributed by atoms with Crippen LogP contribution in [0.5, 0.6) is 0 Å². The Morgan fingerprint density at radius 2 is 1.59 bits per heavy atom. The topological polar surface area (TPSA) is 71.8 Å². The minimum absolute atomic E-state index is 0.0729. The molecule has 0 aliphatic carbocycles. The van der Waals surface area contributed by atoms with E-state index in [0.717, 1.165) is 34.0 Å². The Morgan fingerprint density at radius 1 is 0.853 bits per heavy atom. The largest absolute Gasteiger partial charge is 0.378 e. The standard InChI is InChI=1S/C27H29N5OS/c1-18-11-13-23(21(4)14-18)28-16-25-30-31-27(32(25)22-8-6-5-7-9-22)34-17-26(33)29-24-15-19(2)10-12-20(24)3/h5-15,28H,16-17H2,1-4H3,(H,29,33). The van der Waals surface area contributed by atoms with Crippen LogP contribution in [0.1, 0.15) is 28.1 Å². The van der Waals surface area contributed by atoms with Gasteiger partial charge < -0.3 is 10.6 Å². The number of thioether (sulfide) groups is 1. The number of nitrogens with zero attached hydrogens (tertiary/aromatic N) is 3. The van der Waals surface area contributed by atoms with Crippen LogP contribution in [0.4, 0.5) is 11.4 Å². The van der Waals surface area contributed by atoms with Crippen molar-refractivity contribution in [2.24, 2.45) is 0 Å². The molecule has 0 saturated carbocycles. The van der Waals surface area contributed by atoms with Gasteiger partial charge in [0.05, 0.1) is 12.3 Å². The molecule has 0 aliphatic rings. The molecule has 1 aromatic heterocycles. The Hall–Kier alpha value is -3.58. The van der Waals surface area contributed by atoms with Crippen LogP contribution in [0.15, 0.2) is 71.9 Å². The highest BCUT2D eigenvalue weighted by Crippen LogP contribution is 2.24. The average Bonchev–Trinajstić information content (AvgIpc) is 3.23. The van der Waals surface area contributed by atoms with E-state index >= 15 is 0 Å². The fourth-order valence-electron chi connectivity index (χ4n) is 3.72. The van der Waals surface area contributed by atoms with E-state index in [1.54, 1.807) is 0 Å². The van der Waals surface area contributed by atoms with Crippen LogP contribution in [0, 0.1) is 27.7 Å². The van der Waals surface area contributed by atoms with Gasteiger partial charge in [0.1, 0.15) is 0 Å². The highest BCUT2D eigenvalue weighted by atomic mass is 32.2. The highest BCUT2D eigenvalue weighted by molar-refractivity contribution is 7.99. The van der Waals surface area contributed by atoms with Crippen molar-refractivity contribution in [3.8, 4) is 5.69 Å². The van der Waals surface area contributed by atoms with Crippen LogP contribution >= 0.6 is 11.8 Å². The second-order valence-electron chi connectivity index (χ2n) is 8.40. The third-order valence-electron chi connectivity index (χ3n) is 5.53. The van der Waals surface area contributed by atoms with Gasteiger partial charge in [-0.05, 0) is 68.7 Å². The summed E-state index contributed by atoms with van der Waals surface area (Å²) < 4.78 is 2.01. The molecule has 1 amide bonds. The number of nitrogens with one attached hydrogen (secondary N) is 2. The minimum Gasteiger partial charge on any atom is -0.378 e. The number of anilines is 2. The number of hydrogen-bond donors (Lipinski definition) is 2. The van der Waals surface area contributed by atoms with Gasteiger partial charge in [-0.3, -0.25) is 9.36 Å². The first-order valence-electron chi connectivity index (χ1n) is 11.2. The quantitative estimate of drug-likeness (QED) is 0.316. The first-order chi connectivity index (χ1) is 16.4. The number of carbonyl (C=O) groups excluding carboxylic acids is 1. The third-order valence-corrected chi connectivity index (χ3v) is 6.46. The first-order valence-corrected chi connectivity index (χ1v) is 12.2. The maximum Gasteiger partial charge on any atom is 0.234 e. The Balaban J connectivity index is 1.51. The van der Waals surface area contributed by atoms with Crippen molar-refractivity contribution in [2.45, 2.75) is 39.4 Å². The molecule has 0 unspecified atom stereocenters. The smallest absolute Gasteiger partial charge is 0.234 e. The highest BCUT2D eigenvalue weighted by Gasteiger charge is 2.16. The molecular weight excluding hydrogens is 442 g/mol. The maximum atomic E-state index is 12.7. The number of aryl methyl sites for hydroxylation is 4. The van der Waals surface area contributed by atoms with E-state index in [1.165, 1.54) is 22.9 Å². The zero-order valence-electron chi connectivity index (χ0n) is 19.9. The van der Waals surface area contributed by atoms with Crippen LogP contribution in [0.3, 0.4) is 0 Å². The number of para-hydroxylation sites is 1. The van der Waals surface area contributed by atoms with Crippen molar-refractivity contribution < 1.29 is 4.79 Å². The van der Waals surface area contributed by atoms with Gasteiger partial charge in [-0.2, -0.15) is 0 Å². The van der Waals surface area contributed by atoms with Crippen LogP contribution in [-0.4, -0.2) is 26.4 Å². The van der Waals surface area contributed by atoms with Gasteiger partial charge in [-0.15, -0.1) is 10.2 Å². The second kappa shape index (κ2) is 10.6. The Kier molecular flexibility index (Phi) is 7.33. The normalized spacial score (nSPS) is 10.8. The van der Waals surface area contributed by atoms with Gasteiger partial charge in [-0.25, -0.2) is 0 Å². The van der Waals surface area contributed by atoms with Gasteiger partial charge in [-0.1, -0.05) is 59.8 Å². The molecule has 1 heterocycles. The summed E-state index contributed by atoms with van der Waals surface area (Å²) >= 11 is 1.38. The summed E-state index contributed by atoms with van der Waals surface area (Å²) in [6, 6.07) is 22.3. The van der Waals surface area contributed by atoms with Crippen LogP contribution in [0.2, 0.25) is 0 Å². The van der Waals surface area contributed by atoms with Gasteiger partial charge in [0.15, 0.2) is 11.0 Å². The molecule has 0 radical (unpaired) electrons. The number of aromatic nitrogens is 3. The molecule has 7 heteroatoms. The predicted molar refractivity (Wildman–Crippen MR) is 140 cm³/mol. The number of hydrogen-bond acceptors (Lipinski definition) is 5. The number of rotatable bonds is 8. The zero-order chi connectivity index (χ0) is 24.1. The molecular formula is C27H29N5OS. The van der Waals surface area contributed by atoms with E-state index in [1.807, 2.05) is 66.9 Å². The van der Waals surface area contributed by atoms with E-state index in [0.29, 0.717) is 11.7 Å². The molecule has 0 bridgehead atoms. The van der Waals surface area contributed by atoms with E-state index < -0.39 is 0 Å². The Morgan fingerprint density at radius 3 is 2.35 bits per heavy atom. The molecule has 6 nitrogen and oxygen atoms in total. The fourth-order valence-corrected chi connectivity index (χ4v) is 4.49. The average molecular weight is 472 g/mol. The van der Waals surface area contributed by atoms with Crippen molar-refractivity contribution in [3.05, 3.63) is 94.8 Å². The third kappa shape index (κ3) is 5.66. The molecule has 0 fully saturated rings. The number of benzene rings is 3. The van der Waals surface area contributed by atoms with Gasteiger partial charge in [0.2, 0.25) is 5.91 Å². The molecule has 3 aromatic carbocycles. The van der Waals surface area contributed by atoms with Crippen LogP contribution < -0.4 is 10.6 Å². The van der Waals surface area contributed by atoms with Gasteiger partial charge in [0.25, 0.3) is 0 Å². The summed E-state index contributed by atoms with van der Waals surface area (Å²) in [4.78, 5) is 12.7. The summed E-state index contributed by atoms with van der Waals surface area (Å²) in [5, 5.41) is 16.0. The Bertz CT molecular complexity index is 1300. The van der Waals surface area contributed by atoms with Crippen LogP contribution in [-0.2, 0) is 11.3 Å². The van der Waals surface area contributed by atoms with E-state index in [2.05, 4.69) is 52.9 Å². The van der Waals surface area contributed by atoms with E-state index in [-0.39, 0.29) is 11.7 Å². The lowest BCUT2D eigenvalue weighted by Gasteiger charge is -2.13. The molecule has 2 N–H and O–H groups in total.